The Bertz CT molecular complexity index is 712. The van der Waals surface area contributed by atoms with Crippen molar-refractivity contribution in [1.82, 2.24) is 0 Å². The number of hydrogen-bond acceptors (Lipinski definition) is 3. The van der Waals surface area contributed by atoms with E-state index in [1.54, 1.807) is 5.57 Å². The Morgan fingerprint density at radius 1 is 1.23 bits per heavy atom. The van der Waals surface area contributed by atoms with Crippen LogP contribution in [0.2, 0.25) is 0 Å². The van der Waals surface area contributed by atoms with Gasteiger partial charge in [-0.3, -0.25) is 0 Å². The molecule has 0 aromatic rings. The summed E-state index contributed by atoms with van der Waals surface area (Å²) in [5.41, 5.74) is 3.15. The zero-order chi connectivity index (χ0) is 23.0. The number of aliphatic hydroxyl groups excluding tert-OH is 2. The van der Waals surface area contributed by atoms with Gasteiger partial charge in [-0.05, 0) is 93.1 Å². The first-order valence-electron chi connectivity index (χ1n) is 12.6. The average Bonchev–Trinajstić information content (AvgIpc) is 3.04. The van der Waals surface area contributed by atoms with Gasteiger partial charge < -0.3 is 15.3 Å². The molecule has 176 valence electrons. The van der Waals surface area contributed by atoms with Crippen molar-refractivity contribution in [3.63, 3.8) is 0 Å². The number of hydrogen-bond donors (Lipinski definition) is 3. The molecule has 0 unspecified atom stereocenters. The van der Waals surface area contributed by atoms with E-state index in [2.05, 4.69) is 32.6 Å². The highest BCUT2D eigenvalue weighted by molar-refractivity contribution is 5.39. The van der Waals surface area contributed by atoms with Crippen molar-refractivity contribution in [1.29, 1.82) is 0 Å². The van der Waals surface area contributed by atoms with Gasteiger partial charge in [-0.25, -0.2) is 0 Å². The molecule has 3 nitrogen and oxygen atoms in total. The van der Waals surface area contributed by atoms with E-state index in [0.717, 1.165) is 36.3 Å². The molecule has 3 aliphatic carbocycles. The summed E-state index contributed by atoms with van der Waals surface area (Å²) in [7, 11) is 0. The third kappa shape index (κ3) is 5.37. The van der Waals surface area contributed by atoms with Crippen molar-refractivity contribution in [3.05, 3.63) is 35.5 Å². The van der Waals surface area contributed by atoms with E-state index in [4.69, 9.17) is 0 Å². The van der Waals surface area contributed by atoms with Crippen LogP contribution in [0.1, 0.15) is 92.4 Å². The van der Waals surface area contributed by atoms with Gasteiger partial charge in [0, 0.05) is 5.92 Å². The molecule has 0 bridgehead atoms. The summed E-state index contributed by atoms with van der Waals surface area (Å²) < 4.78 is 0. The van der Waals surface area contributed by atoms with E-state index in [0.29, 0.717) is 23.7 Å². The highest BCUT2D eigenvalue weighted by Gasteiger charge is 2.50. The predicted molar refractivity (Wildman–Crippen MR) is 129 cm³/mol. The predicted octanol–water partition coefficient (Wildman–Crippen LogP) is 5.95. The molecule has 3 saturated carbocycles. The smallest absolute Gasteiger partial charge is 0.0837 e. The molecule has 0 spiro atoms. The quantitative estimate of drug-likeness (QED) is 0.488. The van der Waals surface area contributed by atoms with Crippen LogP contribution < -0.4 is 0 Å². The van der Waals surface area contributed by atoms with Gasteiger partial charge in [-0.1, -0.05) is 57.9 Å². The molecule has 0 amide bonds. The zero-order valence-corrected chi connectivity index (χ0v) is 20.5. The zero-order valence-electron chi connectivity index (χ0n) is 20.5. The summed E-state index contributed by atoms with van der Waals surface area (Å²) in [5.74, 6) is 1.94. The van der Waals surface area contributed by atoms with Gasteiger partial charge >= 0.3 is 0 Å². The van der Waals surface area contributed by atoms with Gasteiger partial charge in [-0.15, -0.1) is 0 Å². The topological polar surface area (TPSA) is 60.7 Å². The van der Waals surface area contributed by atoms with Gasteiger partial charge in [0.1, 0.15) is 0 Å². The van der Waals surface area contributed by atoms with E-state index in [1.807, 2.05) is 20.8 Å². The standard InChI is InChI=1S/C28H46O3/c1-18(9-7-15-27(4,5)31)23-13-14-24-21(10-8-16-28(23,24)6)11-12-22-17-25(29)20(3)26(30)19(22)2/h11-12,18,20,23-26,29-31H,2,7-10,13-17H2,1,3-6H3/b21-11+,22-12-/t18-,20-,23-,24+,25+,26+,28-/m1/s1. The molecule has 0 radical (unpaired) electrons. The van der Waals surface area contributed by atoms with Gasteiger partial charge in [0.2, 0.25) is 0 Å². The molecule has 3 fully saturated rings. The van der Waals surface area contributed by atoms with Gasteiger partial charge in [0.05, 0.1) is 17.8 Å². The Morgan fingerprint density at radius 2 is 1.94 bits per heavy atom. The molecular weight excluding hydrogens is 384 g/mol. The minimum Gasteiger partial charge on any atom is -0.392 e. The van der Waals surface area contributed by atoms with Crippen LogP contribution in [0.25, 0.3) is 0 Å². The summed E-state index contributed by atoms with van der Waals surface area (Å²) in [6.07, 6.45) is 13.4. The normalized spacial score (nSPS) is 40.4. The molecule has 0 aromatic carbocycles. The van der Waals surface area contributed by atoms with Crippen LogP contribution in [0.5, 0.6) is 0 Å². The highest BCUT2D eigenvalue weighted by Crippen LogP contribution is 2.60. The Kier molecular flexibility index (Phi) is 7.61. The first-order valence-corrected chi connectivity index (χ1v) is 12.6. The number of aliphatic hydroxyl groups is 3. The maximum atomic E-state index is 10.4. The molecule has 3 N–H and O–H groups in total. The van der Waals surface area contributed by atoms with Gasteiger partial charge in [-0.2, -0.15) is 0 Å². The minimum atomic E-state index is -0.648. The lowest BCUT2D eigenvalue weighted by molar-refractivity contribution is 0.0283. The Morgan fingerprint density at radius 3 is 2.61 bits per heavy atom. The first kappa shape index (κ1) is 24.7. The van der Waals surface area contributed by atoms with Crippen LogP contribution in [-0.2, 0) is 0 Å². The Labute approximate surface area is 190 Å². The molecule has 7 atom stereocenters. The fourth-order valence-corrected chi connectivity index (χ4v) is 6.91. The monoisotopic (exact) mass is 430 g/mol. The summed E-state index contributed by atoms with van der Waals surface area (Å²) in [6.45, 7) is 14.8. The molecular formula is C28H46O3. The highest BCUT2D eigenvalue weighted by atomic mass is 16.3. The van der Waals surface area contributed by atoms with Crippen molar-refractivity contribution in [2.45, 2.75) is 110 Å². The summed E-state index contributed by atoms with van der Waals surface area (Å²) in [5, 5.41) is 30.7. The molecule has 0 aromatic heterocycles. The third-order valence-corrected chi connectivity index (χ3v) is 8.97. The van der Waals surface area contributed by atoms with E-state index >= 15 is 0 Å². The second kappa shape index (κ2) is 9.53. The van der Waals surface area contributed by atoms with Crippen molar-refractivity contribution in [2.24, 2.45) is 29.1 Å². The van der Waals surface area contributed by atoms with Gasteiger partial charge in [0.25, 0.3) is 0 Å². The second-order valence-electron chi connectivity index (χ2n) is 11.8. The summed E-state index contributed by atoms with van der Waals surface area (Å²) in [4.78, 5) is 0. The van der Waals surface area contributed by atoms with Crippen LogP contribution in [0.4, 0.5) is 0 Å². The van der Waals surface area contributed by atoms with Crippen molar-refractivity contribution in [3.8, 4) is 0 Å². The lowest BCUT2D eigenvalue weighted by atomic mass is 9.60. The average molecular weight is 431 g/mol. The first-order chi connectivity index (χ1) is 14.4. The molecule has 0 aliphatic heterocycles. The van der Waals surface area contributed by atoms with E-state index in [1.165, 1.54) is 32.1 Å². The van der Waals surface area contributed by atoms with Crippen molar-refractivity contribution < 1.29 is 15.3 Å². The van der Waals surface area contributed by atoms with E-state index in [-0.39, 0.29) is 5.92 Å². The van der Waals surface area contributed by atoms with E-state index in [9.17, 15) is 15.3 Å². The number of fused-ring (bicyclic) bond motifs is 1. The van der Waals surface area contributed by atoms with Crippen LogP contribution >= 0.6 is 0 Å². The van der Waals surface area contributed by atoms with Crippen LogP contribution in [0.3, 0.4) is 0 Å². The Hall–Kier alpha value is -0.900. The van der Waals surface area contributed by atoms with Gasteiger partial charge in [0.15, 0.2) is 0 Å². The molecule has 0 heterocycles. The van der Waals surface area contributed by atoms with Crippen molar-refractivity contribution >= 4 is 0 Å². The fourth-order valence-electron chi connectivity index (χ4n) is 6.91. The lowest BCUT2D eigenvalue weighted by Crippen LogP contribution is -2.36. The van der Waals surface area contributed by atoms with E-state index < -0.39 is 17.8 Å². The lowest BCUT2D eigenvalue weighted by Gasteiger charge is -2.44. The molecule has 3 heteroatoms. The van der Waals surface area contributed by atoms with Crippen molar-refractivity contribution in [2.75, 3.05) is 0 Å². The van der Waals surface area contributed by atoms with Crippen LogP contribution in [0.15, 0.2) is 35.5 Å². The maximum Gasteiger partial charge on any atom is 0.0837 e. The number of allylic oxidation sites excluding steroid dienone is 3. The maximum absolute atomic E-state index is 10.4. The number of rotatable bonds is 6. The molecule has 31 heavy (non-hydrogen) atoms. The van der Waals surface area contributed by atoms with Crippen LogP contribution in [0, 0.1) is 29.1 Å². The molecule has 3 aliphatic rings. The molecule has 0 saturated heterocycles. The van der Waals surface area contributed by atoms with Crippen LogP contribution in [-0.4, -0.2) is 33.1 Å². The second-order valence-corrected chi connectivity index (χ2v) is 11.8. The molecule has 3 rings (SSSR count). The Balaban J connectivity index is 1.71. The summed E-state index contributed by atoms with van der Waals surface area (Å²) >= 11 is 0. The SMILES string of the molecule is C=C1/C(=C\C=C2/CCC[C@]3(C)[C@@H]([C@H](C)CCCC(C)(C)O)CC[C@@H]23)C[C@H](O)[C@@H](C)[C@H]1O. The third-order valence-electron chi connectivity index (χ3n) is 8.97. The minimum absolute atomic E-state index is 0.149. The summed E-state index contributed by atoms with van der Waals surface area (Å²) in [6, 6.07) is 0. The fraction of sp³-hybridized carbons (Fsp3) is 0.786. The largest absolute Gasteiger partial charge is 0.392 e.